The monoisotopic (exact) mass is 209 g/mol. The van der Waals surface area contributed by atoms with Crippen molar-refractivity contribution >= 4 is 11.7 Å². The van der Waals surface area contributed by atoms with Gasteiger partial charge in [0.25, 0.3) is 0 Å². The van der Waals surface area contributed by atoms with E-state index >= 15 is 0 Å². The zero-order valence-electron chi connectivity index (χ0n) is 8.15. The van der Waals surface area contributed by atoms with Crippen LogP contribution in [0.3, 0.4) is 0 Å². The summed E-state index contributed by atoms with van der Waals surface area (Å²) in [7, 11) is 0. The van der Waals surface area contributed by atoms with Gasteiger partial charge < -0.3 is 20.3 Å². The van der Waals surface area contributed by atoms with E-state index in [0.29, 0.717) is 11.4 Å². The number of hydrogen-bond acceptors (Lipinski definition) is 4. The molecule has 0 saturated heterocycles. The Labute approximate surface area is 86.3 Å². The van der Waals surface area contributed by atoms with Crippen LogP contribution >= 0.6 is 0 Å². The summed E-state index contributed by atoms with van der Waals surface area (Å²) in [6, 6.07) is 4.53. The number of carbonyl (C=O) groups is 1. The van der Waals surface area contributed by atoms with Crippen molar-refractivity contribution < 1.29 is 19.7 Å². The summed E-state index contributed by atoms with van der Waals surface area (Å²) in [6.07, 6.45) is 0. The third-order valence-corrected chi connectivity index (χ3v) is 2.36. The lowest BCUT2D eigenvalue weighted by atomic mass is 10.0. The second kappa shape index (κ2) is 3.05. The Hall–Kier alpha value is -1.91. The van der Waals surface area contributed by atoms with Gasteiger partial charge in [0.1, 0.15) is 18.1 Å². The van der Waals surface area contributed by atoms with E-state index in [1.807, 2.05) is 0 Å². The zero-order chi connectivity index (χ0) is 11.1. The molecule has 5 heteroatoms. The first-order valence-corrected chi connectivity index (χ1v) is 4.49. The highest BCUT2D eigenvalue weighted by atomic mass is 16.5. The summed E-state index contributed by atoms with van der Waals surface area (Å²) in [6.45, 7) is 1.59. The molecule has 80 valence electrons. The molecule has 1 aromatic rings. The molecule has 1 unspecified atom stereocenters. The van der Waals surface area contributed by atoms with Gasteiger partial charge in [0.05, 0.1) is 5.69 Å². The standard InChI is InChI=1S/C10H11NO4/c1-10(9(13)14)5-15-8-3-2-6(12)4-7(8)11-10/h2-4,11-12H,5H2,1H3,(H,13,14). The van der Waals surface area contributed by atoms with Crippen LogP contribution in [0.4, 0.5) is 5.69 Å². The van der Waals surface area contributed by atoms with Crippen LogP contribution in [0.1, 0.15) is 6.92 Å². The Balaban J connectivity index is 2.37. The van der Waals surface area contributed by atoms with Gasteiger partial charge in [0.15, 0.2) is 5.54 Å². The van der Waals surface area contributed by atoms with Gasteiger partial charge in [-0.3, -0.25) is 0 Å². The molecule has 3 N–H and O–H groups in total. The second-order valence-electron chi connectivity index (χ2n) is 3.73. The highest BCUT2D eigenvalue weighted by molar-refractivity contribution is 5.84. The van der Waals surface area contributed by atoms with E-state index in [4.69, 9.17) is 9.84 Å². The number of carboxylic acid groups (broad SMARTS) is 1. The van der Waals surface area contributed by atoms with Crippen LogP contribution in [0.5, 0.6) is 11.5 Å². The molecule has 5 nitrogen and oxygen atoms in total. The van der Waals surface area contributed by atoms with Crippen molar-refractivity contribution in [2.24, 2.45) is 0 Å². The van der Waals surface area contributed by atoms with E-state index < -0.39 is 11.5 Å². The van der Waals surface area contributed by atoms with Gasteiger partial charge in [0, 0.05) is 6.07 Å². The number of aromatic hydroxyl groups is 1. The molecule has 1 atom stereocenters. The van der Waals surface area contributed by atoms with Crippen molar-refractivity contribution in [1.29, 1.82) is 0 Å². The topological polar surface area (TPSA) is 78.8 Å². The first-order valence-electron chi connectivity index (χ1n) is 4.49. The quantitative estimate of drug-likeness (QED) is 0.644. The number of rotatable bonds is 1. The van der Waals surface area contributed by atoms with Gasteiger partial charge in [-0.15, -0.1) is 0 Å². The lowest BCUT2D eigenvalue weighted by Crippen LogP contribution is -2.50. The molecule has 1 aromatic carbocycles. The molecule has 1 heterocycles. The number of benzene rings is 1. The van der Waals surface area contributed by atoms with Gasteiger partial charge in [-0.25, -0.2) is 4.79 Å². The minimum atomic E-state index is -1.15. The molecule has 0 aliphatic carbocycles. The van der Waals surface area contributed by atoms with Crippen molar-refractivity contribution in [3.63, 3.8) is 0 Å². The predicted octanol–water partition coefficient (Wildman–Crippen LogP) is 1.04. The molecule has 0 spiro atoms. The Morgan fingerprint density at radius 3 is 3.00 bits per heavy atom. The fraction of sp³-hybridized carbons (Fsp3) is 0.300. The van der Waals surface area contributed by atoms with E-state index in [-0.39, 0.29) is 12.4 Å². The number of fused-ring (bicyclic) bond motifs is 1. The molecule has 0 amide bonds. The zero-order valence-corrected chi connectivity index (χ0v) is 8.15. The first kappa shape index (κ1) is 9.64. The number of hydrogen-bond donors (Lipinski definition) is 3. The average Bonchev–Trinajstić information content (AvgIpc) is 2.16. The smallest absolute Gasteiger partial charge is 0.332 e. The van der Waals surface area contributed by atoms with Crippen molar-refractivity contribution in [1.82, 2.24) is 0 Å². The fourth-order valence-corrected chi connectivity index (χ4v) is 1.41. The number of carboxylic acids is 1. The normalized spacial score (nSPS) is 23.5. The molecular weight excluding hydrogens is 198 g/mol. The van der Waals surface area contributed by atoms with Crippen molar-refractivity contribution in [2.45, 2.75) is 12.5 Å². The molecule has 1 aliphatic heterocycles. The van der Waals surface area contributed by atoms with Gasteiger partial charge >= 0.3 is 5.97 Å². The maximum absolute atomic E-state index is 11.0. The van der Waals surface area contributed by atoms with Crippen LogP contribution < -0.4 is 10.1 Å². The Morgan fingerprint density at radius 2 is 2.33 bits per heavy atom. The summed E-state index contributed by atoms with van der Waals surface area (Å²) in [5.41, 5.74) is -0.660. The Bertz CT molecular complexity index is 418. The van der Waals surface area contributed by atoms with E-state index in [1.165, 1.54) is 19.1 Å². The molecule has 2 rings (SSSR count). The Morgan fingerprint density at radius 1 is 1.60 bits per heavy atom. The third-order valence-electron chi connectivity index (χ3n) is 2.36. The number of nitrogens with one attached hydrogen (secondary N) is 1. The average molecular weight is 209 g/mol. The maximum atomic E-state index is 11.0. The van der Waals surface area contributed by atoms with E-state index in [1.54, 1.807) is 6.07 Å². The van der Waals surface area contributed by atoms with Crippen molar-refractivity contribution in [3.05, 3.63) is 18.2 Å². The van der Waals surface area contributed by atoms with Gasteiger partial charge in [-0.2, -0.15) is 0 Å². The lowest BCUT2D eigenvalue weighted by Gasteiger charge is -2.33. The van der Waals surface area contributed by atoms with Gasteiger partial charge in [0.2, 0.25) is 0 Å². The highest BCUT2D eigenvalue weighted by Gasteiger charge is 2.38. The largest absolute Gasteiger partial charge is 0.508 e. The fourth-order valence-electron chi connectivity index (χ4n) is 1.41. The number of aliphatic carboxylic acids is 1. The summed E-state index contributed by atoms with van der Waals surface area (Å²) >= 11 is 0. The van der Waals surface area contributed by atoms with Crippen LogP contribution in [0.25, 0.3) is 0 Å². The van der Waals surface area contributed by atoms with E-state index in [9.17, 15) is 9.90 Å². The number of anilines is 1. The molecule has 0 aromatic heterocycles. The Kier molecular flexibility index (Phi) is 1.96. The summed E-state index contributed by atoms with van der Waals surface area (Å²) in [5, 5.41) is 21.1. The van der Waals surface area contributed by atoms with Crippen LogP contribution in [0.2, 0.25) is 0 Å². The molecule has 0 bridgehead atoms. The van der Waals surface area contributed by atoms with Gasteiger partial charge in [-0.05, 0) is 19.1 Å². The predicted molar refractivity (Wildman–Crippen MR) is 53.3 cm³/mol. The summed E-state index contributed by atoms with van der Waals surface area (Å²) in [4.78, 5) is 11.0. The van der Waals surface area contributed by atoms with E-state index in [0.717, 1.165) is 0 Å². The first-order chi connectivity index (χ1) is 7.01. The molecular formula is C10H11NO4. The van der Waals surface area contributed by atoms with Crippen LogP contribution in [0.15, 0.2) is 18.2 Å². The molecule has 0 radical (unpaired) electrons. The summed E-state index contributed by atoms with van der Waals surface area (Å²) in [5.74, 6) is -0.373. The van der Waals surface area contributed by atoms with Crippen LogP contribution in [-0.2, 0) is 4.79 Å². The van der Waals surface area contributed by atoms with Crippen molar-refractivity contribution in [3.8, 4) is 11.5 Å². The molecule has 1 aliphatic rings. The van der Waals surface area contributed by atoms with Crippen molar-refractivity contribution in [2.75, 3.05) is 11.9 Å². The molecule has 0 saturated carbocycles. The van der Waals surface area contributed by atoms with E-state index in [2.05, 4.69) is 5.32 Å². The lowest BCUT2D eigenvalue weighted by molar-refractivity contribution is -0.143. The second-order valence-corrected chi connectivity index (χ2v) is 3.73. The molecule has 15 heavy (non-hydrogen) atoms. The number of phenols is 1. The third kappa shape index (κ3) is 1.56. The minimum Gasteiger partial charge on any atom is -0.508 e. The minimum absolute atomic E-state index is 0.0557. The maximum Gasteiger partial charge on any atom is 0.332 e. The summed E-state index contributed by atoms with van der Waals surface area (Å²) < 4.78 is 5.30. The number of ether oxygens (including phenoxy) is 1. The van der Waals surface area contributed by atoms with Crippen LogP contribution in [0, 0.1) is 0 Å². The molecule has 0 fully saturated rings. The van der Waals surface area contributed by atoms with Crippen LogP contribution in [-0.4, -0.2) is 28.3 Å². The van der Waals surface area contributed by atoms with Gasteiger partial charge in [-0.1, -0.05) is 0 Å². The SMILES string of the molecule is CC1(C(=O)O)COc2ccc(O)cc2N1. The highest BCUT2D eigenvalue weighted by Crippen LogP contribution is 2.34. The number of phenolic OH excluding ortho intramolecular Hbond substituents is 1.